The molecule has 0 fully saturated rings. The van der Waals surface area contributed by atoms with Gasteiger partial charge in [-0.25, -0.2) is 4.98 Å². The number of hydrogen-bond donors (Lipinski definition) is 1. The van der Waals surface area contributed by atoms with Crippen LogP contribution in [0.4, 0.5) is 0 Å². The molecule has 0 aliphatic rings. The number of thiazole rings is 1. The lowest BCUT2D eigenvalue weighted by Gasteiger charge is -1.99. The molecular weight excluding hydrogens is 204 g/mol. The molecule has 0 spiro atoms. The predicted octanol–water partition coefficient (Wildman–Crippen LogP) is 2.89. The zero-order valence-electron chi connectivity index (χ0n) is 8.95. The summed E-state index contributed by atoms with van der Waals surface area (Å²) in [6.07, 6.45) is 0. The lowest BCUT2D eigenvalue weighted by molar-refractivity contribution is 1.07. The van der Waals surface area contributed by atoms with Gasteiger partial charge < -0.3 is 5.73 Å². The van der Waals surface area contributed by atoms with Crippen molar-refractivity contribution in [2.75, 3.05) is 0 Å². The van der Waals surface area contributed by atoms with Crippen LogP contribution in [0.15, 0.2) is 24.3 Å². The fourth-order valence-electron chi connectivity index (χ4n) is 1.43. The lowest BCUT2D eigenvalue weighted by atomic mass is 10.1. The Kier molecular flexibility index (Phi) is 2.84. The maximum absolute atomic E-state index is 5.61. The van der Waals surface area contributed by atoms with Crippen LogP contribution in [0.1, 0.15) is 16.1 Å². The molecule has 0 aliphatic heterocycles. The molecule has 0 radical (unpaired) electrons. The molecule has 1 aromatic carbocycles. The van der Waals surface area contributed by atoms with Gasteiger partial charge in [-0.05, 0) is 25.5 Å². The van der Waals surface area contributed by atoms with E-state index in [0.717, 1.165) is 16.3 Å². The number of hydrogen-bond acceptors (Lipinski definition) is 3. The Hall–Kier alpha value is -1.19. The minimum atomic E-state index is 0.581. The van der Waals surface area contributed by atoms with E-state index in [0.29, 0.717) is 6.54 Å². The molecule has 3 heteroatoms. The first kappa shape index (κ1) is 10.3. The molecule has 1 heterocycles. The summed E-state index contributed by atoms with van der Waals surface area (Å²) in [6.45, 7) is 4.72. The Morgan fingerprint density at radius 3 is 2.73 bits per heavy atom. The van der Waals surface area contributed by atoms with Crippen LogP contribution in [-0.2, 0) is 6.54 Å². The average molecular weight is 218 g/mol. The van der Waals surface area contributed by atoms with Crippen molar-refractivity contribution in [1.29, 1.82) is 0 Å². The van der Waals surface area contributed by atoms with E-state index in [1.807, 2.05) is 19.1 Å². The SMILES string of the molecule is Cc1nc(-c2cccc(CN)c2)sc1C. The molecule has 78 valence electrons. The van der Waals surface area contributed by atoms with Crippen LogP contribution < -0.4 is 5.73 Å². The summed E-state index contributed by atoms with van der Waals surface area (Å²) in [5.41, 5.74) is 9.05. The Bertz CT molecular complexity index is 455. The van der Waals surface area contributed by atoms with E-state index in [-0.39, 0.29) is 0 Å². The van der Waals surface area contributed by atoms with Crippen LogP contribution >= 0.6 is 11.3 Å². The molecule has 0 amide bonds. The fourth-order valence-corrected chi connectivity index (χ4v) is 2.34. The predicted molar refractivity (Wildman–Crippen MR) is 64.9 cm³/mol. The van der Waals surface area contributed by atoms with Gasteiger partial charge in [-0.15, -0.1) is 11.3 Å². The Morgan fingerprint density at radius 1 is 1.33 bits per heavy atom. The van der Waals surface area contributed by atoms with Crippen LogP contribution in [0.25, 0.3) is 10.6 Å². The molecule has 0 bridgehead atoms. The van der Waals surface area contributed by atoms with E-state index >= 15 is 0 Å². The largest absolute Gasteiger partial charge is 0.326 e. The van der Waals surface area contributed by atoms with E-state index in [2.05, 4.69) is 24.0 Å². The molecule has 15 heavy (non-hydrogen) atoms. The normalized spacial score (nSPS) is 10.6. The topological polar surface area (TPSA) is 38.9 Å². The van der Waals surface area contributed by atoms with Gasteiger partial charge in [0.15, 0.2) is 0 Å². The first-order valence-corrected chi connectivity index (χ1v) is 5.76. The average Bonchev–Trinajstić information content (AvgIpc) is 2.59. The quantitative estimate of drug-likeness (QED) is 0.841. The zero-order valence-corrected chi connectivity index (χ0v) is 9.77. The van der Waals surface area contributed by atoms with Crippen molar-refractivity contribution in [2.45, 2.75) is 20.4 Å². The maximum Gasteiger partial charge on any atom is 0.123 e. The third kappa shape index (κ3) is 2.08. The third-order valence-electron chi connectivity index (χ3n) is 2.44. The molecule has 2 aromatic rings. The molecule has 0 unspecified atom stereocenters. The lowest BCUT2D eigenvalue weighted by Crippen LogP contribution is -1.95. The van der Waals surface area contributed by atoms with E-state index in [1.165, 1.54) is 10.4 Å². The molecule has 2 N–H and O–H groups in total. The zero-order chi connectivity index (χ0) is 10.8. The number of benzene rings is 1. The summed E-state index contributed by atoms with van der Waals surface area (Å²) in [7, 11) is 0. The molecule has 0 aliphatic carbocycles. The van der Waals surface area contributed by atoms with Crippen LogP contribution in [0.3, 0.4) is 0 Å². The summed E-state index contributed by atoms with van der Waals surface area (Å²) >= 11 is 1.73. The van der Waals surface area contributed by atoms with Gasteiger partial charge >= 0.3 is 0 Å². The summed E-state index contributed by atoms with van der Waals surface area (Å²) in [6, 6.07) is 8.26. The molecule has 2 rings (SSSR count). The molecular formula is C12H14N2S. The molecule has 2 nitrogen and oxygen atoms in total. The highest BCUT2D eigenvalue weighted by Gasteiger charge is 2.06. The second-order valence-corrected chi connectivity index (χ2v) is 4.77. The minimum Gasteiger partial charge on any atom is -0.326 e. The van der Waals surface area contributed by atoms with Crippen molar-refractivity contribution < 1.29 is 0 Å². The van der Waals surface area contributed by atoms with Crippen LogP contribution in [0.2, 0.25) is 0 Å². The van der Waals surface area contributed by atoms with Crippen molar-refractivity contribution in [3.05, 3.63) is 40.4 Å². The van der Waals surface area contributed by atoms with Gasteiger partial charge in [-0.3, -0.25) is 0 Å². The van der Waals surface area contributed by atoms with Crippen molar-refractivity contribution in [3.63, 3.8) is 0 Å². The highest BCUT2D eigenvalue weighted by atomic mass is 32.1. The molecule has 1 aromatic heterocycles. The number of aromatic nitrogens is 1. The second-order valence-electron chi connectivity index (χ2n) is 3.57. The van der Waals surface area contributed by atoms with Gasteiger partial charge in [-0.2, -0.15) is 0 Å². The summed E-state index contributed by atoms with van der Waals surface area (Å²) in [4.78, 5) is 5.81. The minimum absolute atomic E-state index is 0.581. The van der Waals surface area contributed by atoms with Crippen molar-refractivity contribution in [3.8, 4) is 10.6 Å². The third-order valence-corrected chi connectivity index (χ3v) is 3.56. The smallest absolute Gasteiger partial charge is 0.123 e. The standard InChI is InChI=1S/C12H14N2S/c1-8-9(2)15-12(14-8)11-5-3-4-10(6-11)7-13/h3-6H,7,13H2,1-2H3. The van der Waals surface area contributed by atoms with Gasteiger partial charge in [0, 0.05) is 17.0 Å². The first-order valence-electron chi connectivity index (χ1n) is 4.94. The highest BCUT2D eigenvalue weighted by molar-refractivity contribution is 7.15. The van der Waals surface area contributed by atoms with E-state index in [9.17, 15) is 0 Å². The number of nitrogens with zero attached hydrogens (tertiary/aromatic N) is 1. The van der Waals surface area contributed by atoms with Gasteiger partial charge in [0.2, 0.25) is 0 Å². The first-order chi connectivity index (χ1) is 7.20. The van der Waals surface area contributed by atoms with E-state index in [1.54, 1.807) is 11.3 Å². The fraction of sp³-hybridized carbons (Fsp3) is 0.250. The van der Waals surface area contributed by atoms with E-state index in [4.69, 9.17) is 5.73 Å². The molecule has 0 saturated heterocycles. The van der Waals surface area contributed by atoms with Crippen molar-refractivity contribution in [1.82, 2.24) is 4.98 Å². The van der Waals surface area contributed by atoms with Crippen molar-refractivity contribution >= 4 is 11.3 Å². The number of nitrogens with two attached hydrogens (primary N) is 1. The Balaban J connectivity index is 2.44. The van der Waals surface area contributed by atoms with Crippen molar-refractivity contribution in [2.24, 2.45) is 5.73 Å². The van der Waals surface area contributed by atoms with E-state index < -0.39 is 0 Å². The summed E-state index contributed by atoms with van der Waals surface area (Å²) < 4.78 is 0. The Labute approximate surface area is 93.8 Å². The second kappa shape index (κ2) is 4.13. The molecule has 0 saturated carbocycles. The summed E-state index contributed by atoms with van der Waals surface area (Å²) in [5, 5.41) is 1.08. The monoisotopic (exact) mass is 218 g/mol. The maximum atomic E-state index is 5.61. The van der Waals surface area contributed by atoms with Crippen LogP contribution in [-0.4, -0.2) is 4.98 Å². The number of aryl methyl sites for hydroxylation is 2. The molecule has 0 atom stereocenters. The van der Waals surface area contributed by atoms with Gasteiger partial charge in [0.25, 0.3) is 0 Å². The Morgan fingerprint density at radius 2 is 2.13 bits per heavy atom. The van der Waals surface area contributed by atoms with Gasteiger partial charge in [0.1, 0.15) is 5.01 Å². The number of rotatable bonds is 2. The highest BCUT2D eigenvalue weighted by Crippen LogP contribution is 2.27. The van der Waals surface area contributed by atoms with Crippen LogP contribution in [0.5, 0.6) is 0 Å². The summed E-state index contributed by atoms with van der Waals surface area (Å²) in [5.74, 6) is 0. The van der Waals surface area contributed by atoms with Crippen LogP contribution in [0, 0.1) is 13.8 Å². The van der Waals surface area contributed by atoms with Gasteiger partial charge in [-0.1, -0.05) is 18.2 Å². The van der Waals surface area contributed by atoms with Gasteiger partial charge in [0.05, 0.1) is 5.69 Å².